The number of rotatable bonds is 7. The van der Waals surface area contributed by atoms with Crippen LogP contribution in [0.4, 0.5) is 0 Å². The van der Waals surface area contributed by atoms with Gasteiger partial charge in [-0.3, -0.25) is 14.5 Å². The zero-order valence-electron chi connectivity index (χ0n) is 16.0. The summed E-state index contributed by atoms with van der Waals surface area (Å²) >= 11 is 0. The molecule has 0 aromatic heterocycles. The molecule has 2 amide bonds. The molecular formula is C21H29N3O3. The second kappa shape index (κ2) is 7.89. The van der Waals surface area contributed by atoms with Gasteiger partial charge in [0.2, 0.25) is 11.8 Å². The lowest BCUT2D eigenvalue weighted by molar-refractivity contribution is -0.134. The Kier molecular flexibility index (Phi) is 5.34. The maximum atomic E-state index is 12.8. The molecule has 6 nitrogen and oxygen atoms in total. The predicted molar refractivity (Wildman–Crippen MR) is 103 cm³/mol. The van der Waals surface area contributed by atoms with Gasteiger partial charge in [-0.05, 0) is 42.9 Å². The SMILES string of the molecule is COc1ccc([C@@H]2C[C@@H]2C(=O)N2CCN(CCC(=O)NC3CC3)CC2)cc1. The first-order valence-corrected chi connectivity index (χ1v) is 10.1. The molecule has 6 heteroatoms. The first kappa shape index (κ1) is 18.3. The summed E-state index contributed by atoms with van der Waals surface area (Å²) in [5.74, 6) is 1.80. The Labute approximate surface area is 160 Å². The molecule has 1 N–H and O–H groups in total. The smallest absolute Gasteiger partial charge is 0.226 e. The molecule has 0 bridgehead atoms. The summed E-state index contributed by atoms with van der Waals surface area (Å²) in [5.41, 5.74) is 1.23. The standard InChI is InChI=1S/C21H29N3O3/c1-27-17-6-2-15(3-7-17)18-14-19(18)21(26)24-12-10-23(11-13-24)9-8-20(25)22-16-4-5-16/h2-3,6-7,16,18-19H,4-5,8-14H2,1H3,(H,22,25)/t18-,19-/m0/s1. The Bertz CT molecular complexity index is 678. The van der Waals surface area contributed by atoms with Crippen LogP contribution >= 0.6 is 0 Å². The van der Waals surface area contributed by atoms with Gasteiger partial charge in [-0.25, -0.2) is 0 Å². The minimum atomic E-state index is 0.134. The first-order valence-electron chi connectivity index (χ1n) is 10.1. The van der Waals surface area contributed by atoms with Crippen molar-refractivity contribution >= 4 is 11.8 Å². The van der Waals surface area contributed by atoms with Crippen molar-refractivity contribution in [2.24, 2.45) is 5.92 Å². The zero-order valence-corrected chi connectivity index (χ0v) is 16.0. The van der Waals surface area contributed by atoms with Gasteiger partial charge < -0.3 is 15.0 Å². The van der Waals surface area contributed by atoms with E-state index in [-0.39, 0.29) is 11.8 Å². The first-order chi connectivity index (χ1) is 13.1. The van der Waals surface area contributed by atoms with Crippen molar-refractivity contribution < 1.29 is 14.3 Å². The van der Waals surface area contributed by atoms with E-state index < -0.39 is 0 Å². The summed E-state index contributed by atoms with van der Waals surface area (Å²) < 4.78 is 5.20. The third-order valence-electron chi connectivity index (χ3n) is 5.93. The lowest BCUT2D eigenvalue weighted by Gasteiger charge is -2.34. The summed E-state index contributed by atoms with van der Waals surface area (Å²) in [4.78, 5) is 28.9. The second-order valence-corrected chi connectivity index (χ2v) is 7.98. The number of hydrogen-bond acceptors (Lipinski definition) is 4. The van der Waals surface area contributed by atoms with Gasteiger partial charge in [0.25, 0.3) is 0 Å². The van der Waals surface area contributed by atoms with Crippen LogP contribution in [-0.2, 0) is 9.59 Å². The van der Waals surface area contributed by atoms with Gasteiger partial charge >= 0.3 is 0 Å². The topological polar surface area (TPSA) is 61.9 Å². The minimum absolute atomic E-state index is 0.134. The molecule has 146 valence electrons. The van der Waals surface area contributed by atoms with Crippen LogP contribution in [0.1, 0.15) is 37.2 Å². The van der Waals surface area contributed by atoms with Crippen LogP contribution < -0.4 is 10.1 Å². The van der Waals surface area contributed by atoms with E-state index in [1.54, 1.807) is 7.11 Å². The molecule has 1 aliphatic heterocycles. The van der Waals surface area contributed by atoms with E-state index in [1.807, 2.05) is 17.0 Å². The van der Waals surface area contributed by atoms with Crippen molar-refractivity contribution in [2.45, 2.75) is 37.6 Å². The number of hydrogen-bond donors (Lipinski definition) is 1. The fourth-order valence-corrected chi connectivity index (χ4v) is 3.90. The molecule has 0 radical (unpaired) electrons. The highest BCUT2D eigenvalue weighted by Gasteiger charge is 2.46. The Morgan fingerprint density at radius 3 is 2.44 bits per heavy atom. The fourth-order valence-electron chi connectivity index (χ4n) is 3.90. The summed E-state index contributed by atoms with van der Waals surface area (Å²) in [6.45, 7) is 4.06. The lowest BCUT2D eigenvalue weighted by atomic mass is 10.1. The molecule has 1 saturated heterocycles. The third-order valence-corrected chi connectivity index (χ3v) is 5.93. The molecule has 2 atom stereocenters. The van der Waals surface area contributed by atoms with Crippen LogP contribution in [0.15, 0.2) is 24.3 Å². The molecule has 4 rings (SSSR count). The maximum absolute atomic E-state index is 12.8. The van der Waals surface area contributed by atoms with Crippen LogP contribution in [0.3, 0.4) is 0 Å². The van der Waals surface area contributed by atoms with Crippen molar-refractivity contribution in [3.8, 4) is 5.75 Å². The number of nitrogens with one attached hydrogen (secondary N) is 1. The van der Waals surface area contributed by atoms with Crippen LogP contribution in [0.5, 0.6) is 5.75 Å². The van der Waals surface area contributed by atoms with E-state index in [0.717, 1.165) is 57.7 Å². The van der Waals surface area contributed by atoms with Gasteiger partial charge in [0.1, 0.15) is 5.75 Å². The average Bonchev–Trinajstić information content (AvgIpc) is 3.61. The monoisotopic (exact) mass is 371 g/mol. The molecule has 27 heavy (non-hydrogen) atoms. The highest BCUT2D eigenvalue weighted by Crippen LogP contribution is 2.48. The summed E-state index contributed by atoms with van der Waals surface area (Å²) in [5, 5.41) is 3.03. The molecule has 0 spiro atoms. The van der Waals surface area contributed by atoms with Crippen LogP contribution in [0.25, 0.3) is 0 Å². The van der Waals surface area contributed by atoms with Gasteiger partial charge in [-0.15, -0.1) is 0 Å². The van der Waals surface area contributed by atoms with Gasteiger partial charge in [0.05, 0.1) is 7.11 Å². The highest BCUT2D eigenvalue weighted by atomic mass is 16.5. The quantitative estimate of drug-likeness (QED) is 0.791. The van der Waals surface area contributed by atoms with Crippen LogP contribution in [-0.4, -0.2) is 67.5 Å². The second-order valence-electron chi connectivity index (χ2n) is 7.98. The number of nitrogens with zero attached hydrogens (tertiary/aromatic N) is 2. The molecule has 0 unspecified atom stereocenters. The van der Waals surface area contributed by atoms with Crippen molar-refractivity contribution in [1.29, 1.82) is 0 Å². The van der Waals surface area contributed by atoms with E-state index >= 15 is 0 Å². The van der Waals surface area contributed by atoms with Gasteiger partial charge in [0.15, 0.2) is 0 Å². The molecule has 2 saturated carbocycles. The van der Waals surface area contributed by atoms with Crippen molar-refractivity contribution in [2.75, 3.05) is 39.8 Å². The van der Waals surface area contributed by atoms with E-state index in [9.17, 15) is 9.59 Å². The number of amides is 2. The normalized spacial score (nSPS) is 25.1. The number of carbonyl (C=O) groups excluding carboxylic acids is 2. The third kappa shape index (κ3) is 4.61. The molecule has 3 aliphatic rings. The number of ether oxygens (including phenoxy) is 1. The van der Waals surface area contributed by atoms with Crippen molar-refractivity contribution in [1.82, 2.24) is 15.1 Å². The van der Waals surface area contributed by atoms with Gasteiger partial charge in [-0.2, -0.15) is 0 Å². The Hall–Kier alpha value is -2.08. The van der Waals surface area contributed by atoms with E-state index in [1.165, 1.54) is 5.56 Å². The minimum Gasteiger partial charge on any atom is -0.497 e. The summed E-state index contributed by atoms with van der Waals surface area (Å²) in [6.07, 6.45) is 3.77. The Morgan fingerprint density at radius 1 is 1.11 bits per heavy atom. The average molecular weight is 371 g/mol. The Morgan fingerprint density at radius 2 is 1.81 bits per heavy atom. The summed E-state index contributed by atoms with van der Waals surface area (Å²) in [6, 6.07) is 8.51. The van der Waals surface area contributed by atoms with Crippen LogP contribution in [0.2, 0.25) is 0 Å². The largest absolute Gasteiger partial charge is 0.497 e. The van der Waals surface area contributed by atoms with E-state index in [4.69, 9.17) is 4.74 Å². The molecule has 1 aromatic carbocycles. The fraction of sp³-hybridized carbons (Fsp3) is 0.619. The highest BCUT2D eigenvalue weighted by molar-refractivity contribution is 5.83. The van der Waals surface area contributed by atoms with Crippen molar-refractivity contribution in [3.63, 3.8) is 0 Å². The molecule has 2 aliphatic carbocycles. The molecule has 1 heterocycles. The number of methoxy groups -OCH3 is 1. The van der Waals surface area contributed by atoms with E-state index in [0.29, 0.717) is 24.3 Å². The number of carbonyl (C=O) groups is 2. The van der Waals surface area contributed by atoms with Gasteiger partial charge in [0, 0.05) is 51.1 Å². The van der Waals surface area contributed by atoms with E-state index in [2.05, 4.69) is 22.3 Å². The van der Waals surface area contributed by atoms with Crippen molar-refractivity contribution in [3.05, 3.63) is 29.8 Å². The lowest BCUT2D eigenvalue weighted by Crippen LogP contribution is -2.49. The summed E-state index contributed by atoms with van der Waals surface area (Å²) in [7, 11) is 1.66. The number of piperazine rings is 1. The molecule has 3 fully saturated rings. The molecular weight excluding hydrogens is 342 g/mol. The van der Waals surface area contributed by atoms with Gasteiger partial charge in [-0.1, -0.05) is 12.1 Å². The maximum Gasteiger partial charge on any atom is 0.226 e. The Balaban J connectivity index is 1.19. The predicted octanol–water partition coefficient (Wildman–Crippen LogP) is 1.61. The zero-order chi connectivity index (χ0) is 18.8. The van der Waals surface area contributed by atoms with Crippen LogP contribution in [0, 0.1) is 5.92 Å². The number of benzene rings is 1. The molecule has 1 aromatic rings.